The van der Waals surface area contributed by atoms with E-state index in [2.05, 4.69) is 25.4 Å². The lowest BCUT2D eigenvalue weighted by atomic mass is 10.0. The standard InChI is InChI=1S/C21H24N6O4/c1-12(2)15-11-30-21(28)27(15)17-9-10-22-20(24-17)23-13(3)19-25-18(26-31-19)14-7-5-6-8-16(14)29-4/h5-10,12-13,15H,11H2,1-4H3,(H,22,23,24). The van der Waals surface area contributed by atoms with Crippen molar-refractivity contribution < 1.29 is 18.8 Å². The van der Waals surface area contributed by atoms with Gasteiger partial charge in [0, 0.05) is 6.20 Å². The molecule has 10 heteroatoms. The van der Waals surface area contributed by atoms with Crippen molar-refractivity contribution in [2.75, 3.05) is 23.9 Å². The number of methoxy groups -OCH3 is 1. The van der Waals surface area contributed by atoms with Crippen molar-refractivity contribution in [2.45, 2.75) is 32.9 Å². The lowest BCUT2D eigenvalue weighted by Crippen LogP contribution is -2.37. The van der Waals surface area contributed by atoms with Crippen LogP contribution in [0.4, 0.5) is 16.6 Å². The number of anilines is 2. The molecule has 4 rings (SSSR count). The van der Waals surface area contributed by atoms with E-state index in [1.165, 1.54) is 0 Å². The Bertz CT molecular complexity index is 1070. The zero-order chi connectivity index (χ0) is 22.0. The van der Waals surface area contributed by atoms with E-state index >= 15 is 0 Å². The average Bonchev–Trinajstić information content (AvgIpc) is 3.41. The Morgan fingerprint density at radius 3 is 2.77 bits per heavy atom. The number of cyclic esters (lactones) is 1. The second kappa shape index (κ2) is 8.58. The maximum Gasteiger partial charge on any atom is 0.415 e. The smallest absolute Gasteiger partial charge is 0.415 e. The molecule has 1 aliphatic rings. The fourth-order valence-corrected chi connectivity index (χ4v) is 3.35. The largest absolute Gasteiger partial charge is 0.496 e. The van der Waals surface area contributed by atoms with E-state index in [1.54, 1.807) is 24.3 Å². The molecule has 1 aromatic carbocycles. The van der Waals surface area contributed by atoms with Crippen LogP contribution in [-0.2, 0) is 4.74 Å². The van der Waals surface area contributed by atoms with E-state index in [-0.39, 0.29) is 18.0 Å². The Morgan fingerprint density at radius 2 is 2.00 bits per heavy atom. The minimum absolute atomic E-state index is 0.0768. The van der Waals surface area contributed by atoms with Crippen LogP contribution in [0.15, 0.2) is 41.1 Å². The molecule has 1 amide bonds. The molecular formula is C21H24N6O4. The van der Waals surface area contributed by atoms with E-state index in [4.69, 9.17) is 14.0 Å². The number of nitrogens with zero attached hydrogens (tertiary/aromatic N) is 5. The highest BCUT2D eigenvalue weighted by Gasteiger charge is 2.37. The van der Waals surface area contributed by atoms with Crippen molar-refractivity contribution >= 4 is 17.9 Å². The van der Waals surface area contributed by atoms with Gasteiger partial charge in [-0.1, -0.05) is 31.1 Å². The molecule has 0 aliphatic carbocycles. The van der Waals surface area contributed by atoms with Gasteiger partial charge < -0.3 is 19.3 Å². The van der Waals surface area contributed by atoms with Gasteiger partial charge in [0.2, 0.25) is 17.7 Å². The van der Waals surface area contributed by atoms with Gasteiger partial charge in [0.25, 0.3) is 0 Å². The van der Waals surface area contributed by atoms with Crippen LogP contribution in [0.2, 0.25) is 0 Å². The van der Waals surface area contributed by atoms with Crippen LogP contribution < -0.4 is 15.0 Å². The van der Waals surface area contributed by atoms with Gasteiger partial charge in [-0.2, -0.15) is 9.97 Å². The van der Waals surface area contributed by atoms with Crippen molar-refractivity contribution in [3.05, 3.63) is 42.4 Å². The topological polar surface area (TPSA) is 116 Å². The van der Waals surface area contributed by atoms with Gasteiger partial charge in [-0.25, -0.2) is 9.78 Å². The molecule has 0 saturated carbocycles. The third-order valence-corrected chi connectivity index (χ3v) is 5.07. The number of benzene rings is 1. The first kappa shape index (κ1) is 20.6. The highest BCUT2D eigenvalue weighted by atomic mass is 16.6. The Morgan fingerprint density at radius 1 is 1.19 bits per heavy atom. The highest BCUT2D eigenvalue weighted by molar-refractivity contribution is 5.89. The van der Waals surface area contributed by atoms with Crippen LogP contribution in [0.3, 0.4) is 0 Å². The summed E-state index contributed by atoms with van der Waals surface area (Å²) in [5.74, 6) is 2.49. The monoisotopic (exact) mass is 424 g/mol. The van der Waals surface area contributed by atoms with Gasteiger partial charge in [-0.15, -0.1) is 0 Å². The summed E-state index contributed by atoms with van der Waals surface area (Å²) in [6.45, 7) is 6.28. The van der Waals surface area contributed by atoms with Crippen LogP contribution in [0.25, 0.3) is 11.4 Å². The summed E-state index contributed by atoms with van der Waals surface area (Å²) in [4.78, 5) is 27.0. The van der Waals surface area contributed by atoms with E-state index in [9.17, 15) is 4.79 Å². The molecule has 1 N–H and O–H groups in total. The SMILES string of the molecule is COc1ccccc1-c1noc(C(C)Nc2nccc(N3C(=O)OCC3C(C)C)n2)n1. The van der Waals surface area contributed by atoms with Gasteiger partial charge >= 0.3 is 6.09 Å². The number of hydrogen-bond acceptors (Lipinski definition) is 9. The van der Waals surface area contributed by atoms with Gasteiger partial charge in [0.05, 0.1) is 18.7 Å². The third kappa shape index (κ3) is 4.14. The van der Waals surface area contributed by atoms with Gasteiger partial charge in [0.1, 0.15) is 24.2 Å². The van der Waals surface area contributed by atoms with E-state index in [0.29, 0.717) is 35.8 Å². The summed E-state index contributed by atoms with van der Waals surface area (Å²) in [5, 5.41) is 7.21. The number of para-hydroxylation sites is 1. The first-order chi connectivity index (χ1) is 15.0. The predicted octanol–water partition coefficient (Wildman–Crippen LogP) is 3.69. The van der Waals surface area contributed by atoms with E-state index < -0.39 is 6.09 Å². The Hall–Kier alpha value is -3.69. The molecule has 2 unspecified atom stereocenters. The lowest BCUT2D eigenvalue weighted by Gasteiger charge is -2.23. The molecule has 1 fully saturated rings. The minimum Gasteiger partial charge on any atom is -0.496 e. The first-order valence-electron chi connectivity index (χ1n) is 10.0. The number of carbonyl (C=O) groups is 1. The molecule has 2 aromatic heterocycles. The van der Waals surface area contributed by atoms with Crippen molar-refractivity contribution in [3.8, 4) is 17.1 Å². The maximum absolute atomic E-state index is 12.2. The number of aromatic nitrogens is 4. The zero-order valence-corrected chi connectivity index (χ0v) is 17.8. The minimum atomic E-state index is -0.408. The van der Waals surface area contributed by atoms with E-state index in [0.717, 1.165) is 5.56 Å². The molecule has 31 heavy (non-hydrogen) atoms. The van der Waals surface area contributed by atoms with Crippen LogP contribution >= 0.6 is 0 Å². The van der Waals surface area contributed by atoms with Crippen LogP contribution in [0.5, 0.6) is 5.75 Å². The molecule has 10 nitrogen and oxygen atoms in total. The number of rotatable bonds is 7. The van der Waals surface area contributed by atoms with Crippen molar-refractivity contribution in [3.63, 3.8) is 0 Å². The Kier molecular flexibility index (Phi) is 5.70. The summed E-state index contributed by atoms with van der Waals surface area (Å²) in [6, 6.07) is 8.69. The highest BCUT2D eigenvalue weighted by Crippen LogP contribution is 2.29. The number of ether oxygens (including phenoxy) is 2. The molecule has 0 radical (unpaired) electrons. The summed E-state index contributed by atoms with van der Waals surface area (Å²) in [7, 11) is 1.59. The molecule has 1 saturated heterocycles. The quantitative estimate of drug-likeness (QED) is 0.606. The summed E-state index contributed by atoms with van der Waals surface area (Å²) in [6.07, 6.45) is 1.18. The summed E-state index contributed by atoms with van der Waals surface area (Å²) < 4.78 is 16.0. The second-order valence-electron chi connectivity index (χ2n) is 7.52. The molecule has 3 heterocycles. The van der Waals surface area contributed by atoms with E-state index in [1.807, 2.05) is 45.0 Å². The van der Waals surface area contributed by atoms with Gasteiger partial charge in [-0.3, -0.25) is 4.90 Å². The van der Waals surface area contributed by atoms with Crippen LogP contribution in [-0.4, -0.2) is 46.0 Å². The van der Waals surface area contributed by atoms with Gasteiger partial charge in [-0.05, 0) is 31.0 Å². The summed E-state index contributed by atoms with van der Waals surface area (Å²) >= 11 is 0. The second-order valence-corrected chi connectivity index (χ2v) is 7.52. The lowest BCUT2D eigenvalue weighted by molar-refractivity contribution is 0.177. The maximum atomic E-state index is 12.2. The molecule has 3 aromatic rings. The molecule has 0 bridgehead atoms. The van der Waals surface area contributed by atoms with Crippen LogP contribution in [0.1, 0.15) is 32.7 Å². The molecule has 0 spiro atoms. The fourth-order valence-electron chi connectivity index (χ4n) is 3.35. The normalized spacial score (nSPS) is 17.0. The third-order valence-electron chi connectivity index (χ3n) is 5.07. The fraction of sp³-hybridized carbons (Fsp3) is 0.381. The van der Waals surface area contributed by atoms with Gasteiger partial charge in [0.15, 0.2) is 0 Å². The Balaban J connectivity index is 1.52. The summed E-state index contributed by atoms with van der Waals surface area (Å²) in [5.41, 5.74) is 0.734. The van der Waals surface area contributed by atoms with Crippen molar-refractivity contribution in [1.29, 1.82) is 0 Å². The van der Waals surface area contributed by atoms with Crippen molar-refractivity contribution in [1.82, 2.24) is 20.1 Å². The molecule has 1 aliphatic heterocycles. The average molecular weight is 424 g/mol. The van der Waals surface area contributed by atoms with Crippen molar-refractivity contribution in [2.24, 2.45) is 5.92 Å². The molecule has 2 atom stereocenters. The first-order valence-corrected chi connectivity index (χ1v) is 10.0. The predicted molar refractivity (Wildman–Crippen MR) is 113 cm³/mol. The number of nitrogens with one attached hydrogen (secondary N) is 1. The number of carbonyl (C=O) groups excluding carboxylic acids is 1. The number of amides is 1. The molecule has 162 valence electrons. The number of hydrogen-bond donors (Lipinski definition) is 1. The molecular weight excluding hydrogens is 400 g/mol. The van der Waals surface area contributed by atoms with Crippen LogP contribution in [0, 0.1) is 5.92 Å². The zero-order valence-electron chi connectivity index (χ0n) is 17.8. The Labute approximate surface area is 179 Å².